The third-order valence-corrected chi connectivity index (χ3v) is 5.41. The summed E-state index contributed by atoms with van der Waals surface area (Å²) in [6, 6.07) is 5.23. The van der Waals surface area contributed by atoms with Crippen LogP contribution in [0.3, 0.4) is 0 Å². The molecule has 154 valence electrons. The Labute approximate surface area is 168 Å². The summed E-state index contributed by atoms with van der Waals surface area (Å²) in [5, 5.41) is 4.40. The lowest BCUT2D eigenvalue weighted by Crippen LogP contribution is -2.50. The van der Waals surface area contributed by atoms with Gasteiger partial charge in [0.2, 0.25) is 11.8 Å². The molecule has 2 aromatic rings. The van der Waals surface area contributed by atoms with E-state index in [-0.39, 0.29) is 30.6 Å². The minimum absolute atomic E-state index is 0.0502. The van der Waals surface area contributed by atoms with Crippen molar-refractivity contribution in [2.45, 2.75) is 32.7 Å². The first-order chi connectivity index (χ1) is 14.0. The monoisotopic (exact) mass is 399 g/mol. The van der Waals surface area contributed by atoms with Gasteiger partial charge in [0.1, 0.15) is 5.82 Å². The Kier molecular flexibility index (Phi) is 5.37. The van der Waals surface area contributed by atoms with E-state index in [2.05, 4.69) is 5.10 Å². The SMILES string of the molecule is Cc1cc2n(n1)CCCN2C(=O)CCC(=O)N1CCN(C(=O)c2ccco2)CC1. The number of rotatable bonds is 4. The third-order valence-electron chi connectivity index (χ3n) is 5.41. The van der Waals surface area contributed by atoms with Crippen molar-refractivity contribution in [1.29, 1.82) is 0 Å². The normalized spacial score (nSPS) is 16.7. The topological polar surface area (TPSA) is 91.9 Å². The van der Waals surface area contributed by atoms with Crippen molar-refractivity contribution in [3.8, 4) is 0 Å². The summed E-state index contributed by atoms with van der Waals surface area (Å²) in [4.78, 5) is 42.7. The van der Waals surface area contributed by atoms with Crippen LogP contribution in [0, 0.1) is 6.92 Å². The van der Waals surface area contributed by atoms with Gasteiger partial charge in [-0.2, -0.15) is 5.10 Å². The molecule has 2 aliphatic rings. The standard InChI is InChI=1S/C20H25N5O4/c1-15-14-17-24(7-3-8-25(17)21-15)19(27)6-5-18(26)22-9-11-23(12-10-22)20(28)16-4-2-13-29-16/h2,4,13-14H,3,5-12H2,1H3. The second kappa shape index (κ2) is 8.10. The largest absolute Gasteiger partial charge is 0.459 e. The van der Waals surface area contributed by atoms with Crippen molar-refractivity contribution < 1.29 is 18.8 Å². The average Bonchev–Trinajstić information content (AvgIpc) is 3.40. The molecule has 0 spiro atoms. The number of aryl methyl sites for hydroxylation is 2. The molecular weight excluding hydrogens is 374 g/mol. The lowest BCUT2D eigenvalue weighted by atomic mass is 10.2. The van der Waals surface area contributed by atoms with Crippen LogP contribution in [0.25, 0.3) is 0 Å². The molecule has 0 unspecified atom stereocenters. The number of furan rings is 1. The molecule has 2 aliphatic heterocycles. The van der Waals surface area contributed by atoms with Crippen LogP contribution in [-0.4, -0.2) is 70.0 Å². The number of piperazine rings is 1. The van der Waals surface area contributed by atoms with E-state index < -0.39 is 0 Å². The molecule has 29 heavy (non-hydrogen) atoms. The molecule has 3 amide bonds. The first kappa shape index (κ1) is 19.2. The zero-order valence-electron chi connectivity index (χ0n) is 16.5. The van der Waals surface area contributed by atoms with Crippen molar-refractivity contribution in [1.82, 2.24) is 19.6 Å². The van der Waals surface area contributed by atoms with Crippen LogP contribution >= 0.6 is 0 Å². The molecule has 0 saturated carbocycles. The highest BCUT2D eigenvalue weighted by Gasteiger charge is 2.28. The number of carbonyl (C=O) groups is 3. The highest BCUT2D eigenvalue weighted by Crippen LogP contribution is 2.22. The molecular formula is C20H25N5O4. The van der Waals surface area contributed by atoms with Crippen LogP contribution in [-0.2, 0) is 16.1 Å². The van der Waals surface area contributed by atoms with E-state index in [1.165, 1.54) is 6.26 Å². The zero-order valence-corrected chi connectivity index (χ0v) is 16.5. The third kappa shape index (κ3) is 4.03. The van der Waals surface area contributed by atoms with Gasteiger partial charge in [0.05, 0.1) is 12.0 Å². The van der Waals surface area contributed by atoms with E-state index in [1.54, 1.807) is 26.8 Å². The second-order valence-electron chi connectivity index (χ2n) is 7.42. The summed E-state index contributed by atoms with van der Waals surface area (Å²) in [7, 11) is 0. The van der Waals surface area contributed by atoms with Crippen molar-refractivity contribution >= 4 is 23.5 Å². The van der Waals surface area contributed by atoms with Gasteiger partial charge in [-0.15, -0.1) is 0 Å². The Bertz CT molecular complexity index is 896. The van der Waals surface area contributed by atoms with Gasteiger partial charge in [0.15, 0.2) is 5.76 Å². The fourth-order valence-corrected chi connectivity index (χ4v) is 3.88. The molecule has 1 saturated heterocycles. The number of anilines is 1. The summed E-state index contributed by atoms with van der Waals surface area (Å²) in [6.45, 7) is 5.24. The minimum atomic E-state index is -0.158. The van der Waals surface area contributed by atoms with Crippen molar-refractivity contribution in [2.24, 2.45) is 0 Å². The van der Waals surface area contributed by atoms with Crippen molar-refractivity contribution in [2.75, 3.05) is 37.6 Å². The van der Waals surface area contributed by atoms with E-state index in [0.29, 0.717) is 38.5 Å². The van der Waals surface area contributed by atoms with Crippen molar-refractivity contribution in [3.05, 3.63) is 35.9 Å². The fourth-order valence-electron chi connectivity index (χ4n) is 3.88. The maximum absolute atomic E-state index is 12.7. The van der Waals surface area contributed by atoms with Crippen molar-refractivity contribution in [3.63, 3.8) is 0 Å². The second-order valence-corrected chi connectivity index (χ2v) is 7.42. The van der Waals surface area contributed by atoms with E-state index in [4.69, 9.17) is 4.42 Å². The summed E-state index contributed by atoms with van der Waals surface area (Å²) < 4.78 is 7.01. The highest BCUT2D eigenvalue weighted by atomic mass is 16.3. The molecule has 0 atom stereocenters. The molecule has 0 aromatic carbocycles. The maximum atomic E-state index is 12.7. The van der Waals surface area contributed by atoms with E-state index in [1.807, 2.05) is 17.7 Å². The predicted molar refractivity (Wildman–Crippen MR) is 104 cm³/mol. The Morgan fingerprint density at radius 3 is 2.45 bits per heavy atom. The van der Waals surface area contributed by atoms with E-state index >= 15 is 0 Å². The molecule has 1 fully saturated rings. The van der Waals surface area contributed by atoms with Gasteiger partial charge < -0.3 is 14.2 Å². The van der Waals surface area contributed by atoms with Crippen LogP contribution in [0.1, 0.15) is 35.5 Å². The van der Waals surface area contributed by atoms with E-state index in [9.17, 15) is 14.4 Å². The first-order valence-corrected chi connectivity index (χ1v) is 9.98. The van der Waals surface area contributed by atoms with Crippen LogP contribution in [0.15, 0.2) is 28.9 Å². The molecule has 9 heteroatoms. The molecule has 0 aliphatic carbocycles. The molecule has 4 heterocycles. The van der Waals surface area contributed by atoms with Gasteiger partial charge in [-0.3, -0.25) is 19.3 Å². The molecule has 4 rings (SSSR count). The Balaban J connectivity index is 1.26. The highest BCUT2D eigenvalue weighted by molar-refractivity contribution is 5.95. The van der Waals surface area contributed by atoms with Gasteiger partial charge >= 0.3 is 0 Å². The van der Waals surface area contributed by atoms with E-state index in [0.717, 1.165) is 24.5 Å². The first-order valence-electron chi connectivity index (χ1n) is 9.98. The molecule has 2 aromatic heterocycles. The van der Waals surface area contributed by atoms with Crippen LogP contribution < -0.4 is 4.90 Å². The smallest absolute Gasteiger partial charge is 0.289 e. The Morgan fingerprint density at radius 1 is 1.00 bits per heavy atom. The van der Waals surface area contributed by atoms with Gasteiger partial charge in [0.25, 0.3) is 5.91 Å². The lowest BCUT2D eigenvalue weighted by Gasteiger charge is -2.34. The zero-order chi connectivity index (χ0) is 20.4. The number of aromatic nitrogens is 2. The van der Waals surface area contributed by atoms with Crippen LogP contribution in [0.4, 0.5) is 5.82 Å². The summed E-state index contributed by atoms with van der Waals surface area (Å²) >= 11 is 0. The Hall–Kier alpha value is -3.10. The number of fused-ring (bicyclic) bond motifs is 1. The molecule has 0 bridgehead atoms. The molecule has 0 radical (unpaired) electrons. The quantitative estimate of drug-likeness (QED) is 0.772. The maximum Gasteiger partial charge on any atom is 0.289 e. The fraction of sp³-hybridized carbons (Fsp3) is 0.500. The summed E-state index contributed by atoms with van der Waals surface area (Å²) in [5.41, 5.74) is 0.887. The minimum Gasteiger partial charge on any atom is -0.459 e. The Morgan fingerprint density at radius 2 is 1.72 bits per heavy atom. The summed E-state index contributed by atoms with van der Waals surface area (Å²) in [5.74, 6) is 0.868. The average molecular weight is 399 g/mol. The molecule has 9 nitrogen and oxygen atoms in total. The molecule has 0 N–H and O–H groups in total. The number of carbonyl (C=O) groups excluding carboxylic acids is 3. The number of hydrogen-bond donors (Lipinski definition) is 0. The van der Waals surface area contributed by atoms with Crippen LogP contribution in [0.5, 0.6) is 0 Å². The summed E-state index contributed by atoms with van der Waals surface area (Å²) in [6.07, 6.45) is 2.68. The lowest BCUT2D eigenvalue weighted by molar-refractivity contribution is -0.134. The van der Waals surface area contributed by atoms with Gasteiger partial charge in [-0.05, 0) is 25.5 Å². The number of hydrogen-bond acceptors (Lipinski definition) is 5. The van der Waals surface area contributed by atoms with Crippen LogP contribution in [0.2, 0.25) is 0 Å². The van der Waals surface area contributed by atoms with Gasteiger partial charge in [-0.25, -0.2) is 4.68 Å². The van der Waals surface area contributed by atoms with Gasteiger partial charge in [-0.1, -0.05) is 0 Å². The van der Waals surface area contributed by atoms with Gasteiger partial charge in [0, 0.05) is 58.2 Å². The number of nitrogens with zero attached hydrogens (tertiary/aromatic N) is 5. The number of amides is 3. The predicted octanol–water partition coefficient (Wildman–Crippen LogP) is 1.29.